The number of benzene rings is 2. The van der Waals surface area contributed by atoms with E-state index in [1.807, 2.05) is 4.57 Å². The minimum atomic E-state index is -0.652. The van der Waals surface area contributed by atoms with Crippen molar-refractivity contribution in [2.75, 3.05) is 0 Å². The maximum Gasteiger partial charge on any atom is 0.197 e. The van der Waals surface area contributed by atoms with Crippen LogP contribution in [0.3, 0.4) is 0 Å². The van der Waals surface area contributed by atoms with Crippen molar-refractivity contribution in [3.05, 3.63) is 69.4 Å². The molecule has 4 heterocycles. The zero-order chi connectivity index (χ0) is 16.9. The number of para-hydroxylation sites is 2. The van der Waals surface area contributed by atoms with Gasteiger partial charge in [-0.2, -0.15) is 0 Å². The molecule has 2 aromatic carbocycles. The predicted octanol–water partition coefficient (Wildman–Crippen LogP) is 2.47. The molecule has 0 bridgehead atoms. The number of carbonyl (C=O) groups is 2. The second kappa shape index (κ2) is 4.00. The number of hydrogen-bond donors (Lipinski definition) is 0. The standard InChI is InChI=1S/C20H10N2O3/c23-18-9-3-1-4-10-15(9)22-16-11(18)5-2-6-12(16)20(25)14-17(22)13(19(10)24)7-8-21-14/h1-8,14,17H. The van der Waals surface area contributed by atoms with Gasteiger partial charge in [0.1, 0.15) is 6.04 Å². The van der Waals surface area contributed by atoms with E-state index in [-0.39, 0.29) is 17.0 Å². The molecule has 0 fully saturated rings. The Hall–Kier alpha value is -3.34. The molecular weight excluding hydrogens is 316 g/mol. The van der Waals surface area contributed by atoms with Crippen molar-refractivity contribution in [1.29, 1.82) is 0 Å². The van der Waals surface area contributed by atoms with Gasteiger partial charge in [-0.3, -0.25) is 19.4 Å². The molecular formula is C20H10N2O3. The number of dihydropyridines is 1. The number of hydrogen-bond acceptors (Lipinski definition) is 4. The summed E-state index contributed by atoms with van der Waals surface area (Å²) in [6.45, 7) is 0. The number of carbonyl (C=O) groups excluding carboxylic acids is 2. The van der Waals surface area contributed by atoms with Crippen molar-refractivity contribution in [3.8, 4) is 0 Å². The van der Waals surface area contributed by atoms with Crippen LogP contribution in [0.5, 0.6) is 0 Å². The highest BCUT2D eigenvalue weighted by molar-refractivity contribution is 6.24. The Morgan fingerprint density at radius 3 is 2.32 bits per heavy atom. The van der Waals surface area contributed by atoms with Crippen molar-refractivity contribution in [3.63, 3.8) is 0 Å². The fraction of sp³-hybridized carbons (Fsp3) is 0.100. The highest BCUT2D eigenvalue weighted by Crippen LogP contribution is 2.44. The molecule has 5 nitrogen and oxygen atoms in total. The number of aromatic nitrogens is 1. The third kappa shape index (κ3) is 1.29. The van der Waals surface area contributed by atoms with Gasteiger partial charge in [0.05, 0.1) is 17.1 Å². The van der Waals surface area contributed by atoms with E-state index in [0.29, 0.717) is 38.5 Å². The third-order valence-corrected chi connectivity index (χ3v) is 5.48. The Bertz CT molecular complexity index is 1280. The number of rotatable bonds is 0. The molecule has 1 aromatic heterocycles. The Labute approximate surface area is 140 Å². The SMILES string of the molecule is O=C1C2=CC=NC3C(=O)c4cccc5c(=O)c6cccc1c6n(c45)C23. The van der Waals surface area contributed by atoms with Crippen LogP contribution in [0.25, 0.3) is 21.8 Å². The number of ketones is 2. The summed E-state index contributed by atoms with van der Waals surface area (Å²) in [6, 6.07) is 9.33. The maximum absolute atomic E-state index is 13.0. The molecule has 2 atom stereocenters. The Morgan fingerprint density at radius 1 is 0.880 bits per heavy atom. The first-order chi connectivity index (χ1) is 12.2. The number of Topliss-reactive ketones (excluding diaryl/α,β-unsaturated/α-hetero) is 2. The molecule has 118 valence electrons. The summed E-state index contributed by atoms with van der Waals surface area (Å²) in [4.78, 5) is 43.3. The van der Waals surface area contributed by atoms with Gasteiger partial charge < -0.3 is 4.57 Å². The summed E-state index contributed by atoms with van der Waals surface area (Å²) >= 11 is 0. The summed E-state index contributed by atoms with van der Waals surface area (Å²) < 4.78 is 1.99. The molecule has 0 N–H and O–H groups in total. The van der Waals surface area contributed by atoms with E-state index < -0.39 is 12.1 Å². The van der Waals surface area contributed by atoms with E-state index in [0.717, 1.165) is 0 Å². The van der Waals surface area contributed by atoms with E-state index in [1.165, 1.54) is 0 Å². The van der Waals surface area contributed by atoms with Gasteiger partial charge >= 0.3 is 0 Å². The third-order valence-electron chi connectivity index (χ3n) is 5.48. The number of pyridine rings is 1. The average molecular weight is 326 g/mol. The minimum Gasteiger partial charge on any atom is -0.329 e. The fourth-order valence-electron chi connectivity index (χ4n) is 4.47. The summed E-state index contributed by atoms with van der Waals surface area (Å²) in [6.07, 6.45) is 3.24. The molecule has 3 aliphatic heterocycles. The Morgan fingerprint density at radius 2 is 1.56 bits per heavy atom. The van der Waals surface area contributed by atoms with E-state index in [1.54, 1.807) is 48.7 Å². The molecule has 25 heavy (non-hydrogen) atoms. The van der Waals surface area contributed by atoms with Gasteiger partial charge in [-0.05, 0) is 30.3 Å². The summed E-state index contributed by atoms with van der Waals surface area (Å²) in [5, 5.41) is 1.02. The normalized spacial score (nSPS) is 22.8. The van der Waals surface area contributed by atoms with Gasteiger partial charge in [-0.15, -0.1) is 0 Å². The minimum absolute atomic E-state index is 0.127. The number of aliphatic imine (C=N–C) groups is 1. The fourth-order valence-corrected chi connectivity index (χ4v) is 4.47. The van der Waals surface area contributed by atoms with Crippen LogP contribution in [0.15, 0.2) is 57.8 Å². The number of nitrogens with zero attached hydrogens (tertiary/aromatic N) is 2. The first-order valence-electron chi connectivity index (χ1n) is 8.10. The van der Waals surface area contributed by atoms with Gasteiger partial charge in [-0.1, -0.05) is 12.1 Å². The van der Waals surface area contributed by atoms with Crippen LogP contribution in [-0.4, -0.2) is 28.4 Å². The lowest BCUT2D eigenvalue weighted by Crippen LogP contribution is -2.43. The van der Waals surface area contributed by atoms with Crippen LogP contribution in [0.1, 0.15) is 26.8 Å². The maximum atomic E-state index is 13.0. The Kier molecular flexibility index (Phi) is 2.08. The lowest BCUT2D eigenvalue weighted by molar-refractivity contribution is 0.0925. The predicted molar refractivity (Wildman–Crippen MR) is 93.8 cm³/mol. The quantitative estimate of drug-likeness (QED) is 0.596. The summed E-state index contributed by atoms with van der Waals surface area (Å²) in [5.41, 5.74) is 2.67. The zero-order valence-electron chi connectivity index (χ0n) is 12.9. The molecule has 0 aliphatic carbocycles. The molecule has 0 radical (unpaired) electrons. The molecule has 0 amide bonds. The summed E-state index contributed by atoms with van der Waals surface area (Å²) in [7, 11) is 0. The molecule has 6 rings (SSSR count). The largest absolute Gasteiger partial charge is 0.329 e. The highest BCUT2D eigenvalue weighted by Gasteiger charge is 2.45. The molecule has 0 spiro atoms. The van der Waals surface area contributed by atoms with E-state index in [9.17, 15) is 14.4 Å². The molecule has 0 saturated carbocycles. The van der Waals surface area contributed by atoms with Crippen LogP contribution in [0.4, 0.5) is 0 Å². The van der Waals surface area contributed by atoms with Gasteiger partial charge in [0, 0.05) is 33.7 Å². The van der Waals surface area contributed by atoms with Crippen molar-refractivity contribution in [1.82, 2.24) is 4.57 Å². The van der Waals surface area contributed by atoms with Gasteiger partial charge in [0.15, 0.2) is 17.0 Å². The van der Waals surface area contributed by atoms with Crippen LogP contribution >= 0.6 is 0 Å². The van der Waals surface area contributed by atoms with Crippen LogP contribution in [0.2, 0.25) is 0 Å². The molecule has 2 unspecified atom stereocenters. The van der Waals surface area contributed by atoms with E-state index >= 15 is 0 Å². The molecule has 3 aromatic rings. The van der Waals surface area contributed by atoms with Crippen molar-refractivity contribution >= 4 is 39.6 Å². The van der Waals surface area contributed by atoms with Crippen LogP contribution in [0, 0.1) is 0 Å². The van der Waals surface area contributed by atoms with Crippen molar-refractivity contribution in [2.24, 2.45) is 4.99 Å². The lowest BCUT2D eigenvalue weighted by Gasteiger charge is -2.39. The highest BCUT2D eigenvalue weighted by atomic mass is 16.1. The molecule has 3 aliphatic rings. The van der Waals surface area contributed by atoms with E-state index in [4.69, 9.17) is 0 Å². The lowest BCUT2D eigenvalue weighted by atomic mass is 9.79. The van der Waals surface area contributed by atoms with Gasteiger partial charge in [-0.25, -0.2) is 0 Å². The second-order valence-electron chi connectivity index (χ2n) is 6.61. The molecule has 0 saturated heterocycles. The van der Waals surface area contributed by atoms with Gasteiger partial charge in [0.2, 0.25) is 0 Å². The van der Waals surface area contributed by atoms with Crippen molar-refractivity contribution < 1.29 is 9.59 Å². The first kappa shape index (κ1) is 13.0. The monoisotopic (exact) mass is 326 g/mol. The smallest absolute Gasteiger partial charge is 0.197 e. The average Bonchev–Trinajstić information content (AvgIpc) is 2.65. The Balaban J connectivity index is 2.01. The summed E-state index contributed by atoms with van der Waals surface area (Å²) in [5.74, 6) is -0.263. The second-order valence-corrected chi connectivity index (χ2v) is 6.61. The first-order valence-corrected chi connectivity index (χ1v) is 8.10. The van der Waals surface area contributed by atoms with Gasteiger partial charge in [0.25, 0.3) is 0 Å². The van der Waals surface area contributed by atoms with Crippen LogP contribution in [-0.2, 0) is 0 Å². The zero-order valence-corrected chi connectivity index (χ0v) is 12.9. The number of allylic oxidation sites excluding steroid dienone is 1. The topological polar surface area (TPSA) is 68.5 Å². The van der Waals surface area contributed by atoms with Crippen LogP contribution < -0.4 is 5.43 Å². The van der Waals surface area contributed by atoms with Crippen molar-refractivity contribution in [2.45, 2.75) is 12.1 Å². The van der Waals surface area contributed by atoms with E-state index in [2.05, 4.69) is 4.99 Å². The molecule has 5 heteroatoms.